The summed E-state index contributed by atoms with van der Waals surface area (Å²) < 4.78 is 0. The second kappa shape index (κ2) is 7.66. The monoisotopic (exact) mass is 410 g/mol. The second-order valence-corrected chi connectivity index (χ2v) is 11.4. The second-order valence-electron chi connectivity index (χ2n) is 11.4. The van der Waals surface area contributed by atoms with Crippen LogP contribution in [0, 0.1) is 6.92 Å². The molecule has 31 heavy (non-hydrogen) atoms. The van der Waals surface area contributed by atoms with Gasteiger partial charge in [0.25, 0.3) is 0 Å². The third-order valence-electron chi connectivity index (χ3n) is 7.13. The van der Waals surface area contributed by atoms with Crippen LogP contribution in [0.3, 0.4) is 0 Å². The third kappa shape index (κ3) is 3.75. The molecule has 2 aliphatic carbocycles. The van der Waals surface area contributed by atoms with Crippen molar-refractivity contribution in [2.75, 3.05) is 0 Å². The Balaban J connectivity index is 2.01. The van der Waals surface area contributed by atoms with E-state index in [4.69, 9.17) is 0 Å². The van der Waals surface area contributed by atoms with Crippen molar-refractivity contribution >= 4 is 0 Å². The molecule has 0 fully saturated rings. The van der Waals surface area contributed by atoms with Crippen LogP contribution in [0.4, 0.5) is 0 Å². The van der Waals surface area contributed by atoms with E-state index in [1.54, 1.807) is 0 Å². The number of allylic oxidation sites excluding steroid dienone is 5. The van der Waals surface area contributed by atoms with Crippen LogP contribution < -0.4 is 0 Å². The van der Waals surface area contributed by atoms with Gasteiger partial charge in [-0.25, -0.2) is 0 Å². The standard InChI is InChI=1S/C31H38/c1-9-10-15-23-20(2)28-24-17-16-22(30(3,4)5)18-25(24)29(21-13-11-12-14-21)26(28)19-27(23)31(6,7)8/h9,11-13,16-19,29H,1,10,14-15H2,2-8H3. The molecule has 2 aliphatic rings. The smallest absolute Gasteiger partial charge is 0.0317 e. The SMILES string of the molecule is C=CCCc1c(C(C)(C)C)cc2c(c1C)-c1ccc(C(C)(C)C)cc1C2C1=CC=CC1. The zero-order valence-corrected chi connectivity index (χ0v) is 20.5. The minimum absolute atomic E-state index is 0.120. The van der Waals surface area contributed by atoms with Gasteiger partial charge in [0.1, 0.15) is 0 Å². The largest absolute Gasteiger partial charge is 0.103 e. The molecule has 1 unspecified atom stereocenters. The number of benzene rings is 2. The van der Waals surface area contributed by atoms with Gasteiger partial charge in [-0.05, 0) is 81.5 Å². The maximum absolute atomic E-state index is 3.99. The topological polar surface area (TPSA) is 0 Å². The Labute approximate surface area is 189 Å². The summed E-state index contributed by atoms with van der Waals surface area (Å²) >= 11 is 0. The van der Waals surface area contributed by atoms with Gasteiger partial charge in [0.2, 0.25) is 0 Å². The number of rotatable bonds is 4. The van der Waals surface area contributed by atoms with Crippen LogP contribution in [0.25, 0.3) is 11.1 Å². The van der Waals surface area contributed by atoms with E-state index in [1.165, 1.54) is 50.1 Å². The van der Waals surface area contributed by atoms with Crippen molar-refractivity contribution in [3.05, 3.63) is 94.1 Å². The minimum Gasteiger partial charge on any atom is -0.103 e. The van der Waals surface area contributed by atoms with Gasteiger partial charge in [0.05, 0.1) is 0 Å². The van der Waals surface area contributed by atoms with Gasteiger partial charge in [-0.3, -0.25) is 0 Å². The van der Waals surface area contributed by atoms with Crippen molar-refractivity contribution in [2.45, 2.75) is 84.5 Å². The van der Waals surface area contributed by atoms with Gasteiger partial charge in [0.15, 0.2) is 0 Å². The van der Waals surface area contributed by atoms with Gasteiger partial charge in [0, 0.05) is 5.92 Å². The van der Waals surface area contributed by atoms with Gasteiger partial charge < -0.3 is 0 Å². The summed E-state index contributed by atoms with van der Waals surface area (Å²) in [4.78, 5) is 0. The molecule has 0 amide bonds. The molecule has 0 heteroatoms. The molecule has 0 saturated carbocycles. The highest BCUT2D eigenvalue weighted by molar-refractivity contribution is 5.85. The zero-order chi connectivity index (χ0) is 22.6. The van der Waals surface area contributed by atoms with Crippen LogP contribution in [0.2, 0.25) is 0 Å². The van der Waals surface area contributed by atoms with Crippen LogP contribution in [-0.4, -0.2) is 0 Å². The maximum Gasteiger partial charge on any atom is 0.0317 e. The highest BCUT2D eigenvalue weighted by Crippen LogP contribution is 2.53. The van der Waals surface area contributed by atoms with E-state index in [9.17, 15) is 0 Å². The lowest BCUT2D eigenvalue weighted by Crippen LogP contribution is -2.17. The lowest BCUT2D eigenvalue weighted by Gasteiger charge is -2.28. The van der Waals surface area contributed by atoms with E-state index >= 15 is 0 Å². The molecule has 0 nitrogen and oxygen atoms in total. The Bertz CT molecular complexity index is 1090. The Hall–Kier alpha value is -2.34. The lowest BCUT2D eigenvalue weighted by atomic mass is 9.76. The van der Waals surface area contributed by atoms with Crippen LogP contribution in [0.5, 0.6) is 0 Å². The Kier molecular flexibility index (Phi) is 5.41. The summed E-state index contributed by atoms with van der Waals surface area (Å²) in [5.41, 5.74) is 13.7. The first-order chi connectivity index (χ1) is 14.5. The number of hydrogen-bond acceptors (Lipinski definition) is 0. The van der Waals surface area contributed by atoms with E-state index in [-0.39, 0.29) is 10.8 Å². The molecule has 162 valence electrons. The molecule has 1 atom stereocenters. The van der Waals surface area contributed by atoms with E-state index < -0.39 is 0 Å². The van der Waals surface area contributed by atoms with E-state index in [1.807, 2.05) is 0 Å². The molecular weight excluding hydrogens is 372 g/mol. The lowest BCUT2D eigenvalue weighted by molar-refractivity contribution is 0.580. The Morgan fingerprint density at radius 1 is 1.00 bits per heavy atom. The van der Waals surface area contributed by atoms with Crippen molar-refractivity contribution in [3.63, 3.8) is 0 Å². The molecule has 0 N–H and O–H groups in total. The summed E-state index contributed by atoms with van der Waals surface area (Å²) in [6.45, 7) is 20.4. The molecule has 2 aromatic rings. The summed E-state index contributed by atoms with van der Waals surface area (Å²) in [6, 6.07) is 9.81. The predicted octanol–water partition coefficient (Wildman–Crippen LogP) is 8.71. The van der Waals surface area contributed by atoms with Gasteiger partial charge in [-0.2, -0.15) is 0 Å². The molecule has 0 saturated heterocycles. The van der Waals surface area contributed by atoms with Crippen LogP contribution in [-0.2, 0) is 17.3 Å². The Morgan fingerprint density at radius 3 is 2.32 bits per heavy atom. The van der Waals surface area contributed by atoms with Crippen molar-refractivity contribution in [3.8, 4) is 11.1 Å². The molecule has 4 rings (SSSR count). The van der Waals surface area contributed by atoms with Crippen molar-refractivity contribution < 1.29 is 0 Å². The zero-order valence-electron chi connectivity index (χ0n) is 20.5. The first-order valence-corrected chi connectivity index (χ1v) is 11.8. The maximum atomic E-state index is 3.99. The first-order valence-electron chi connectivity index (χ1n) is 11.8. The highest BCUT2D eigenvalue weighted by Gasteiger charge is 2.36. The third-order valence-corrected chi connectivity index (χ3v) is 7.13. The normalized spacial score (nSPS) is 17.5. The molecule has 2 aromatic carbocycles. The molecule has 0 bridgehead atoms. The predicted molar refractivity (Wildman–Crippen MR) is 136 cm³/mol. The van der Waals surface area contributed by atoms with Crippen molar-refractivity contribution in [1.82, 2.24) is 0 Å². The fraction of sp³-hybridized carbons (Fsp3) is 0.419. The summed E-state index contributed by atoms with van der Waals surface area (Å²) in [7, 11) is 0. The van der Waals surface area contributed by atoms with Crippen molar-refractivity contribution in [2.24, 2.45) is 0 Å². The molecule has 0 radical (unpaired) electrons. The van der Waals surface area contributed by atoms with Crippen molar-refractivity contribution in [1.29, 1.82) is 0 Å². The summed E-state index contributed by atoms with van der Waals surface area (Å²) in [5.74, 6) is 0.371. The van der Waals surface area contributed by atoms with Crippen LogP contribution >= 0.6 is 0 Å². The van der Waals surface area contributed by atoms with E-state index in [0.717, 1.165) is 19.3 Å². The first kappa shape index (κ1) is 21.9. The molecule has 0 heterocycles. The quantitative estimate of drug-likeness (QED) is 0.442. The summed E-state index contributed by atoms with van der Waals surface area (Å²) in [6.07, 6.45) is 12.1. The number of fused-ring (bicyclic) bond motifs is 3. The molecular formula is C31H38. The fourth-order valence-electron chi connectivity index (χ4n) is 5.45. The van der Waals surface area contributed by atoms with Gasteiger partial charge in [-0.1, -0.05) is 95.7 Å². The molecule has 0 aromatic heterocycles. The minimum atomic E-state index is 0.120. The Morgan fingerprint density at radius 2 is 1.74 bits per heavy atom. The van der Waals surface area contributed by atoms with E-state index in [2.05, 4.69) is 104 Å². The van der Waals surface area contributed by atoms with E-state index in [0.29, 0.717) is 5.92 Å². The van der Waals surface area contributed by atoms with Gasteiger partial charge >= 0.3 is 0 Å². The molecule has 0 spiro atoms. The fourth-order valence-corrected chi connectivity index (χ4v) is 5.45. The van der Waals surface area contributed by atoms with Gasteiger partial charge in [-0.15, -0.1) is 6.58 Å². The van der Waals surface area contributed by atoms with Crippen LogP contribution in [0.15, 0.2) is 60.7 Å². The average molecular weight is 411 g/mol. The highest BCUT2D eigenvalue weighted by atomic mass is 14.4. The number of hydrogen-bond donors (Lipinski definition) is 0. The van der Waals surface area contributed by atoms with Crippen LogP contribution in [0.1, 0.15) is 93.7 Å². The molecule has 0 aliphatic heterocycles. The summed E-state index contributed by atoms with van der Waals surface area (Å²) in [5, 5.41) is 0. The average Bonchev–Trinajstić information content (AvgIpc) is 3.30.